The van der Waals surface area contributed by atoms with E-state index in [9.17, 15) is 18.0 Å². The molecular weight excluding hydrogens is 349 g/mol. The van der Waals surface area contributed by atoms with E-state index >= 15 is 0 Å². The van der Waals surface area contributed by atoms with Crippen LogP contribution in [0.1, 0.15) is 6.42 Å². The van der Waals surface area contributed by atoms with Crippen molar-refractivity contribution >= 4 is 23.4 Å². The number of quaternary nitrogens is 1. The van der Waals surface area contributed by atoms with Gasteiger partial charge in [-0.25, -0.2) is 0 Å². The Morgan fingerprint density at radius 1 is 1.21 bits per heavy atom. The van der Waals surface area contributed by atoms with Crippen LogP contribution in [0.3, 0.4) is 0 Å². The summed E-state index contributed by atoms with van der Waals surface area (Å²) < 4.78 is 51.8. The largest absolute Gasteiger partial charge is 0.493 e. The van der Waals surface area contributed by atoms with E-state index in [0.29, 0.717) is 22.9 Å². The predicted octanol–water partition coefficient (Wildman–Crippen LogP) is 1.90. The normalized spacial score (nSPS) is 12.5. The second-order valence-electron chi connectivity index (χ2n) is 4.68. The fourth-order valence-electron chi connectivity index (χ4n) is 1.85. The molecule has 24 heavy (non-hydrogen) atoms. The summed E-state index contributed by atoms with van der Waals surface area (Å²) >= 11 is -0.174. The first kappa shape index (κ1) is 20.2. The Morgan fingerprint density at radius 2 is 1.75 bits per heavy atom. The molecule has 0 spiro atoms. The molecule has 0 aliphatic heterocycles. The molecular formula is C14H20F3N2O4S+. The second kappa shape index (κ2) is 8.88. The molecule has 0 aliphatic rings. The molecule has 1 aromatic rings. The molecule has 0 aromatic heterocycles. The number of benzene rings is 1. The number of methoxy groups -OCH3 is 3. The minimum atomic E-state index is -4.31. The Hall–Kier alpha value is -1.81. The van der Waals surface area contributed by atoms with Gasteiger partial charge >= 0.3 is 5.51 Å². The van der Waals surface area contributed by atoms with Crippen molar-refractivity contribution < 1.29 is 37.9 Å². The number of carbonyl (C=O) groups is 1. The van der Waals surface area contributed by atoms with Gasteiger partial charge < -0.3 is 25.3 Å². The number of carbonyl (C=O) groups excluding carboxylic acids is 1. The minimum Gasteiger partial charge on any atom is -0.493 e. The molecule has 0 bridgehead atoms. The number of anilines is 1. The van der Waals surface area contributed by atoms with Gasteiger partial charge in [0.2, 0.25) is 5.75 Å². The molecule has 136 valence electrons. The van der Waals surface area contributed by atoms with Crippen molar-refractivity contribution in [3.8, 4) is 17.2 Å². The first-order valence-electron chi connectivity index (χ1n) is 6.86. The molecule has 4 N–H and O–H groups in total. The number of halogens is 3. The molecule has 10 heteroatoms. The van der Waals surface area contributed by atoms with Crippen LogP contribution in [0.4, 0.5) is 18.9 Å². The third kappa shape index (κ3) is 6.00. The van der Waals surface area contributed by atoms with E-state index in [2.05, 4.69) is 11.1 Å². The van der Waals surface area contributed by atoms with E-state index in [1.807, 2.05) is 0 Å². The van der Waals surface area contributed by atoms with Crippen molar-refractivity contribution in [2.24, 2.45) is 0 Å². The average Bonchev–Trinajstić information content (AvgIpc) is 2.52. The van der Waals surface area contributed by atoms with Crippen LogP contribution < -0.4 is 25.3 Å². The molecule has 1 amide bonds. The number of ether oxygens (including phenoxy) is 3. The lowest BCUT2D eigenvalue weighted by Gasteiger charge is -2.15. The smallest absolute Gasteiger partial charge is 0.441 e. The number of rotatable bonds is 8. The first-order valence-corrected chi connectivity index (χ1v) is 7.85. The highest BCUT2D eigenvalue weighted by Crippen LogP contribution is 2.40. The number of amides is 1. The lowest BCUT2D eigenvalue weighted by Crippen LogP contribution is -2.66. The van der Waals surface area contributed by atoms with E-state index in [1.54, 1.807) is 0 Å². The van der Waals surface area contributed by atoms with E-state index in [1.165, 1.54) is 33.5 Å². The summed E-state index contributed by atoms with van der Waals surface area (Å²) in [4.78, 5) is 12.0. The second-order valence-corrected chi connectivity index (χ2v) is 5.84. The van der Waals surface area contributed by atoms with Crippen molar-refractivity contribution in [1.29, 1.82) is 0 Å². The van der Waals surface area contributed by atoms with Gasteiger partial charge in [-0.15, -0.1) is 0 Å². The molecule has 1 atom stereocenters. The number of nitrogens with one attached hydrogen (secondary N) is 1. The van der Waals surface area contributed by atoms with Crippen LogP contribution in [0.2, 0.25) is 0 Å². The summed E-state index contributed by atoms with van der Waals surface area (Å²) in [6.45, 7) is 0. The van der Waals surface area contributed by atoms with Crippen molar-refractivity contribution in [1.82, 2.24) is 0 Å². The van der Waals surface area contributed by atoms with Gasteiger partial charge in [0.05, 0.1) is 21.3 Å². The number of hydrogen-bond acceptors (Lipinski definition) is 5. The van der Waals surface area contributed by atoms with Crippen molar-refractivity contribution in [2.75, 3.05) is 32.4 Å². The third-order valence-electron chi connectivity index (χ3n) is 3.04. The van der Waals surface area contributed by atoms with Gasteiger partial charge in [-0.1, -0.05) is 11.8 Å². The summed E-state index contributed by atoms with van der Waals surface area (Å²) in [6.07, 6.45) is 0.000431. The first-order chi connectivity index (χ1) is 11.2. The number of thioether (sulfide) groups is 1. The van der Waals surface area contributed by atoms with Crippen molar-refractivity contribution in [2.45, 2.75) is 18.0 Å². The van der Waals surface area contributed by atoms with Crippen molar-refractivity contribution in [3.05, 3.63) is 12.1 Å². The molecule has 0 radical (unpaired) electrons. The van der Waals surface area contributed by atoms with Crippen LogP contribution in [-0.4, -0.2) is 44.5 Å². The van der Waals surface area contributed by atoms with Crippen LogP contribution >= 0.6 is 11.8 Å². The lowest BCUT2D eigenvalue weighted by molar-refractivity contribution is -0.402. The zero-order chi connectivity index (χ0) is 18.3. The quantitative estimate of drug-likeness (QED) is 0.731. The zero-order valence-electron chi connectivity index (χ0n) is 13.5. The third-order valence-corrected chi connectivity index (χ3v) is 3.80. The molecule has 0 heterocycles. The van der Waals surface area contributed by atoms with Crippen LogP contribution in [0.25, 0.3) is 0 Å². The van der Waals surface area contributed by atoms with Gasteiger partial charge in [0.15, 0.2) is 17.5 Å². The highest BCUT2D eigenvalue weighted by atomic mass is 32.2. The van der Waals surface area contributed by atoms with E-state index < -0.39 is 17.5 Å². The Balaban J connectivity index is 2.76. The molecule has 1 aromatic carbocycles. The van der Waals surface area contributed by atoms with Gasteiger partial charge in [0.1, 0.15) is 0 Å². The lowest BCUT2D eigenvalue weighted by atomic mass is 10.2. The molecule has 0 saturated carbocycles. The summed E-state index contributed by atoms with van der Waals surface area (Å²) in [5.41, 5.74) is -0.353. The van der Waals surface area contributed by atoms with Crippen LogP contribution in [0, 0.1) is 0 Å². The fourth-order valence-corrected chi connectivity index (χ4v) is 2.48. The molecule has 6 nitrogen and oxygen atoms in total. The molecule has 1 rings (SSSR count). The van der Waals surface area contributed by atoms with Crippen molar-refractivity contribution in [3.63, 3.8) is 0 Å². The van der Waals surface area contributed by atoms with Crippen LogP contribution in [0.5, 0.6) is 17.2 Å². The summed E-state index contributed by atoms with van der Waals surface area (Å²) in [5, 5.41) is 2.58. The van der Waals surface area contributed by atoms with Crippen LogP contribution in [0.15, 0.2) is 12.1 Å². The fraction of sp³-hybridized carbons (Fsp3) is 0.500. The predicted molar refractivity (Wildman–Crippen MR) is 84.5 cm³/mol. The highest BCUT2D eigenvalue weighted by molar-refractivity contribution is 8.00. The van der Waals surface area contributed by atoms with Gasteiger partial charge in [0.25, 0.3) is 5.91 Å². The highest BCUT2D eigenvalue weighted by Gasteiger charge is 2.29. The van der Waals surface area contributed by atoms with E-state index in [0.717, 1.165) is 0 Å². The number of hydrogen-bond donors (Lipinski definition) is 2. The zero-order valence-corrected chi connectivity index (χ0v) is 14.3. The molecule has 0 fully saturated rings. The average molecular weight is 369 g/mol. The standard InChI is InChI=1S/C14H19F3N2O4S/c1-21-10-6-8(7-11(22-2)12(10)23-3)19-13(20)9(18)4-5-24-14(15,16)17/h6-7,9H,4-5,18H2,1-3H3,(H,19,20)/p+1/t9-/m0/s1. The Morgan fingerprint density at radius 3 is 2.17 bits per heavy atom. The van der Waals surface area contributed by atoms with Gasteiger partial charge in [-0.3, -0.25) is 4.79 Å². The maximum atomic E-state index is 12.1. The van der Waals surface area contributed by atoms with Gasteiger partial charge in [-0.05, 0) is 0 Å². The maximum Gasteiger partial charge on any atom is 0.441 e. The summed E-state index contributed by atoms with van der Waals surface area (Å²) in [6, 6.07) is 2.23. The topological polar surface area (TPSA) is 84.4 Å². The molecule has 0 unspecified atom stereocenters. The van der Waals surface area contributed by atoms with E-state index in [-0.39, 0.29) is 23.9 Å². The Labute approximate surface area is 141 Å². The maximum absolute atomic E-state index is 12.1. The summed E-state index contributed by atoms with van der Waals surface area (Å²) in [7, 11) is 4.31. The van der Waals surface area contributed by atoms with Gasteiger partial charge in [-0.2, -0.15) is 13.2 Å². The molecule has 0 saturated heterocycles. The minimum absolute atomic E-state index is 0.000431. The Kier molecular flexibility index (Phi) is 7.49. The monoisotopic (exact) mass is 369 g/mol. The number of alkyl halides is 3. The van der Waals surface area contributed by atoms with Crippen LogP contribution in [-0.2, 0) is 4.79 Å². The molecule has 0 aliphatic carbocycles. The Bertz CT molecular complexity index is 544. The van der Waals surface area contributed by atoms with E-state index in [4.69, 9.17) is 14.2 Å². The summed E-state index contributed by atoms with van der Waals surface area (Å²) in [5.74, 6) is 0.332. The SMILES string of the molecule is COc1cc(NC(=O)[C@@H]([NH3+])CCSC(F)(F)F)cc(OC)c1OC. The van der Waals surface area contributed by atoms with Gasteiger partial charge in [0, 0.05) is 30.0 Å².